The van der Waals surface area contributed by atoms with Crippen LogP contribution in [0.5, 0.6) is 0 Å². The van der Waals surface area contributed by atoms with Crippen LogP contribution in [-0.4, -0.2) is 29.0 Å². The first-order chi connectivity index (χ1) is 8.16. The first-order valence-corrected chi connectivity index (χ1v) is 6.53. The molecule has 1 fully saturated rings. The van der Waals surface area contributed by atoms with E-state index in [-0.39, 0.29) is 0 Å². The summed E-state index contributed by atoms with van der Waals surface area (Å²) in [5.41, 5.74) is 1.02. The Morgan fingerprint density at radius 1 is 1.59 bits per heavy atom. The van der Waals surface area contributed by atoms with Gasteiger partial charge in [0.05, 0.1) is 18.4 Å². The third-order valence-electron chi connectivity index (χ3n) is 3.39. The second-order valence-corrected chi connectivity index (χ2v) is 5.20. The predicted octanol–water partition coefficient (Wildman–Crippen LogP) is 1.98. The molecule has 0 saturated carbocycles. The fourth-order valence-electron chi connectivity index (χ4n) is 2.12. The molecule has 0 bridgehead atoms. The third kappa shape index (κ3) is 3.30. The number of piperidine rings is 1. The van der Waals surface area contributed by atoms with Gasteiger partial charge in [-0.05, 0) is 38.8 Å². The van der Waals surface area contributed by atoms with Crippen molar-refractivity contribution in [1.82, 2.24) is 15.1 Å². The zero-order valence-corrected chi connectivity index (χ0v) is 11.0. The standard InChI is InChI=1S/C13H23N3O/c1-10(2)16-7-5-12(15-16)9-17-13-8-14-6-4-11(13)3/h5,7,10-11,13-14H,4,6,8-9H2,1-3H3. The SMILES string of the molecule is CC1CCNCC1OCc1ccn(C(C)C)n1. The highest BCUT2D eigenvalue weighted by Gasteiger charge is 2.21. The molecular weight excluding hydrogens is 214 g/mol. The number of rotatable bonds is 4. The van der Waals surface area contributed by atoms with Crippen LogP contribution in [0.1, 0.15) is 38.9 Å². The lowest BCUT2D eigenvalue weighted by atomic mass is 9.97. The Labute approximate surface area is 103 Å². The maximum atomic E-state index is 5.94. The molecule has 2 rings (SSSR count). The first-order valence-electron chi connectivity index (χ1n) is 6.53. The van der Waals surface area contributed by atoms with Crippen LogP contribution >= 0.6 is 0 Å². The predicted molar refractivity (Wildman–Crippen MR) is 67.8 cm³/mol. The highest BCUT2D eigenvalue weighted by Crippen LogP contribution is 2.16. The van der Waals surface area contributed by atoms with E-state index in [0.717, 1.165) is 18.8 Å². The van der Waals surface area contributed by atoms with Crippen molar-refractivity contribution >= 4 is 0 Å². The zero-order chi connectivity index (χ0) is 12.3. The van der Waals surface area contributed by atoms with Crippen molar-refractivity contribution in [3.63, 3.8) is 0 Å². The minimum absolute atomic E-state index is 0.327. The summed E-state index contributed by atoms with van der Waals surface area (Å²) in [7, 11) is 0. The molecule has 1 saturated heterocycles. The fraction of sp³-hybridized carbons (Fsp3) is 0.769. The molecule has 0 spiro atoms. The zero-order valence-electron chi connectivity index (χ0n) is 11.0. The average molecular weight is 237 g/mol. The number of hydrogen-bond donors (Lipinski definition) is 1. The van der Waals surface area contributed by atoms with Gasteiger partial charge < -0.3 is 10.1 Å². The second kappa shape index (κ2) is 5.65. The fourth-order valence-corrected chi connectivity index (χ4v) is 2.12. The Balaban J connectivity index is 1.84. The summed E-state index contributed by atoms with van der Waals surface area (Å²) >= 11 is 0. The van der Waals surface area contributed by atoms with Crippen molar-refractivity contribution in [2.45, 2.75) is 45.9 Å². The Kier molecular flexibility index (Phi) is 4.18. The van der Waals surface area contributed by atoms with Crippen LogP contribution in [0, 0.1) is 5.92 Å². The molecule has 96 valence electrons. The summed E-state index contributed by atoms with van der Waals surface area (Å²) in [6, 6.07) is 2.46. The van der Waals surface area contributed by atoms with Crippen molar-refractivity contribution in [3.05, 3.63) is 18.0 Å². The Bertz CT molecular complexity index is 348. The van der Waals surface area contributed by atoms with E-state index in [1.165, 1.54) is 6.42 Å². The van der Waals surface area contributed by atoms with Crippen LogP contribution in [0.2, 0.25) is 0 Å². The van der Waals surface area contributed by atoms with Gasteiger partial charge in [-0.1, -0.05) is 6.92 Å². The molecule has 17 heavy (non-hydrogen) atoms. The van der Waals surface area contributed by atoms with Crippen molar-refractivity contribution in [3.8, 4) is 0 Å². The van der Waals surface area contributed by atoms with Gasteiger partial charge in [0.1, 0.15) is 0 Å². The van der Waals surface area contributed by atoms with Crippen LogP contribution in [0.15, 0.2) is 12.3 Å². The molecule has 2 heterocycles. The average Bonchev–Trinajstić information content (AvgIpc) is 2.77. The van der Waals surface area contributed by atoms with Crippen molar-refractivity contribution in [1.29, 1.82) is 0 Å². The van der Waals surface area contributed by atoms with E-state index in [9.17, 15) is 0 Å². The van der Waals surface area contributed by atoms with E-state index < -0.39 is 0 Å². The molecule has 2 atom stereocenters. The topological polar surface area (TPSA) is 39.1 Å². The number of ether oxygens (including phenoxy) is 1. The molecule has 0 radical (unpaired) electrons. The maximum Gasteiger partial charge on any atom is 0.0910 e. The highest BCUT2D eigenvalue weighted by atomic mass is 16.5. The van der Waals surface area contributed by atoms with Gasteiger partial charge in [-0.3, -0.25) is 4.68 Å². The number of nitrogens with one attached hydrogen (secondary N) is 1. The molecular formula is C13H23N3O. The molecule has 0 aliphatic carbocycles. The largest absolute Gasteiger partial charge is 0.370 e. The van der Waals surface area contributed by atoms with Gasteiger partial charge in [0.15, 0.2) is 0 Å². The van der Waals surface area contributed by atoms with Crippen LogP contribution in [-0.2, 0) is 11.3 Å². The van der Waals surface area contributed by atoms with Crippen LogP contribution in [0.3, 0.4) is 0 Å². The van der Waals surface area contributed by atoms with E-state index in [1.54, 1.807) is 0 Å². The van der Waals surface area contributed by atoms with Gasteiger partial charge in [0.2, 0.25) is 0 Å². The Morgan fingerprint density at radius 2 is 2.41 bits per heavy atom. The number of hydrogen-bond acceptors (Lipinski definition) is 3. The molecule has 4 nitrogen and oxygen atoms in total. The monoisotopic (exact) mass is 237 g/mol. The van der Waals surface area contributed by atoms with Gasteiger partial charge >= 0.3 is 0 Å². The molecule has 0 aromatic carbocycles. The van der Waals surface area contributed by atoms with Gasteiger partial charge in [0, 0.05) is 18.8 Å². The van der Waals surface area contributed by atoms with Gasteiger partial charge in [-0.15, -0.1) is 0 Å². The van der Waals surface area contributed by atoms with Gasteiger partial charge in [0.25, 0.3) is 0 Å². The number of aromatic nitrogens is 2. The van der Waals surface area contributed by atoms with Crippen molar-refractivity contribution in [2.75, 3.05) is 13.1 Å². The minimum atomic E-state index is 0.327. The van der Waals surface area contributed by atoms with E-state index in [1.807, 2.05) is 16.9 Å². The molecule has 4 heteroatoms. The van der Waals surface area contributed by atoms with Crippen LogP contribution < -0.4 is 5.32 Å². The minimum Gasteiger partial charge on any atom is -0.370 e. The lowest BCUT2D eigenvalue weighted by Crippen LogP contribution is -2.40. The summed E-state index contributed by atoms with van der Waals surface area (Å²) in [5, 5.41) is 7.86. The Morgan fingerprint density at radius 3 is 3.06 bits per heavy atom. The maximum absolute atomic E-state index is 5.94. The van der Waals surface area contributed by atoms with E-state index in [0.29, 0.717) is 24.7 Å². The molecule has 1 aromatic rings. The van der Waals surface area contributed by atoms with E-state index >= 15 is 0 Å². The second-order valence-electron chi connectivity index (χ2n) is 5.20. The van der Waals surface area contributed by atoms with E-state index in [4.69, 9.17) is 4.74 Å². The molecule has 0 amide bonds. The third-order valence-corrected chi connectivity index (χ3v) is 3.39. The lowest BCUT2D eigenvalue weighted by Gasteiger charge is -2.29. The highest BCUT2D eigenvalue weighted by molar-refractivity contribution is 4.98. The van der Waals surface area contributed by atoms with E-state index in [2.05, 4.69) is 31.2 Å². The number of nitrogens with zero attached hydrogens (tertiary/aromatic N) is 2. The van der Waals surface area contributed by atoms with Gasteiger partial charge in [-0.25, -0.2) is 0 Å². The Hall–Kier alpha value is -0.870. The lowest BCUT2D eigenvalue weighted by molar-refractivity contribution is -0.00818. The molecule has 1 aliphatic rings. The van der Waals surface area contributed by atoms with Crippen LogP contribution in [0.25, 0.3) is 0 Å². The molecule has 1 aliphatic heterocycles. The van der Waals surface area contributed by atoms with Crippen molar-refractivity contribution in [2.24, 2.45) is 5.92 Å². The normalized spacial score (nSPS) is 25.4. The summed E-state index contributed by atoms with van der Waals surface area (Å²) in [5.74, 6) is 0.642. The molecule has 1 N–H and O–H groups in total. The smallest absolute Gasteiger partial charge is 0.0910 e. The molecule has 2 unspecified atom stereocenters. The summed E-state index contributed by atoms with van der Waals surface area (Å²) < 4.78 is 7.91. The first kappa shape index (κ1) is 12.6. The summed E-state index contributed by atoms with van der Waals surface area (Å²) in [6.45, 7) is 9.22. The quantitative estimate of drug-likeness (QED) is 0.870. The van der Waals surface area contributed by atoms with Crippen LogP contribution in [0.4, 0.5) is 0 Å². The summed E-state index contributed by atoms with van der Waals surface area (Å²) in [4.78, 5) is 0. The van der Waals surface area contributed by atoms with Gasteiger partial charge in [-0.2, -0.15) is 5.10 Å². The van der Waals surface area contributed by atoms with Crippen molar-refractivity contribution < 1.29 is 4.74 Å². The molecule has 1 aromatic heterocycles. The summed E-state index contributed by atoms with van der Waals surface area (Å²) in [6.07, 6.45) is 3.55.